The van der Waals surface area contributed by atoms with Gasteiger partial charge in [-0.3, -0.25) is 9.59 Å². The van der Waals surface area contributed by atoms with E-state index in [-0.39, 0.29) is 11.8 Å². The quantitative estimate of drug-likeness (QED) is 0.744. The fourth-order valence-electron chi connectivity index (χ4n) is 1.68. The number of imide groups is 1. The summed E-state index contributed by atoms with van der Waals surface area (Å²) < 4.78 is 0. The van der Waals surface area contributed by atoms with Crippen molar-refractivity contribution in [3.63, 3.8) is 0 Å². The van der Waals surface area contributed by atoms with Crippen LogP contribution >= 0.6 is 0 Å². The van der Waals surface area contributed by atoms with Gasteiger partial charge in [-0.25, -0.2) is 4.90 Å². The average molecular weight is 227 g/mol. The van der Waals surface area contributed by atoms with Gasteiger partial charge in [0, 0.05) is 12.2 Å². The lowest BCUT2D eigenvalue weighted by atomic mass is 10.1. The van der Waals surface area contributed by atoms with E-state index in [1.165, 1.54) is 17.1 Å². The molecule has 1 heterocycles. The van der Waals surface area contributed by atoms with E-state index >= 15 is 0 Å². The number of hydrogen-bond donors (Lipinski definition) is 0. The molecular formula is C14H13NO2. The van der Waals surface area contributed by atoms with Gasteiger partial charge in [-0.2, -0.15) is 0 Å². The molecule has 0 aliphatic carbocycles. The maximum absolute atomic E-state index is 11.5. The summed E-state index contributed by atoms with van der Waals surface area (Å²) >= 11 is 0. The highest BCUT2D eigenvalue weighted by atomic mass is 16.2. The Labute approximate surface area is 100 Å². The molecule has 3 nitrogen and oxygen atoms in total. The van der Waals surface area contributed by atoms with Crippen molar-refractivity contribution in [2.24, 2.45) is 0 Å². The summed E-state index contributed by atoms with van der Waals surface area (Å²) in [6.07, 6.45) is 7.54. The third-order valence-corrected chi connectivity index (χ3v) is 2.48. The molecule has 2 amide bonds. The van der Waals surface area contributed by atoms with E-state index in [2.05, 4.69) is 6.92 Å². The Hall–Kier alpha value is -2.16. The number of allylic oxidation sites excluding steroid dienone is 1. The first-order valence-electron chi connectivity index (χ1n) is 5.55. The molecule has 0 radical (unpaired) electrons. The van der Waals surface area contributed by atoms with Crippen LogP contribution in [0.2, 0.25) is 0 Å². The first-order chi connectivity index (χ1) is 8.22. The summed E-state index contributed by atoms with van der Waals surface area (Å²) in [6.45, 7) is 2.05. The molecule has 1 aliphatic heterocycles. The predicted octanol–water partition coefficient (Wildman–Crippen LogP) is 2.54. The second kappa shape index (κ2) is 4.78. The highest BCUT2D eigenvalue weighted by Crippen LogP contribution is 2.20. The standard InChI is InChI=1S/C14H13NO2/c1-2-3-5-11-6-4-7-12(10-11)15-13(16)8-9-14(15)17/h3-10H,2H2,1H3. The minimum absolute atomic E-state index is 0.286. The van der Waals surface area contributed by atoms with Gasteiger partial charge >= 0.3 is 0 Å². The van der Waals surface area contributed by atoms with Crippen LogP contribution in [0.1, 0.15) is 18.9 Å². The van der Waals surface area contributed by atoms with Crippen LogP contribution in [0.25, 0.3) is 6.08 Å². The number of anilines is 1. The van der Waals surface area contributed by atoms with E-state index in [4.69, 9.17) is 0 Å². The number of rotatable bonds is 3. The smallest absolute Gasteiger partial charge is 0.258 e. The number of hydrogen-bond acceptors (Lipinski definition) is 2. The van der Waals surface area contributed by atoms with Crippen LogP contribution in [0.4, 0.5) is 5.69 Å². The monoisotopic (exact) mass is 227 g/mol. The van der Waals surface area contributed by atoms with Crippen LogP contribution in [0, 0.1) is 0 Å². The van der Waals surface area contributed by atoms with Gasteiger partial charge in [0.15, 0.2) is 0 Å². The lowest BCUT2D eigenvalue weighted by Gasteiger charge is -2.14. The normalized spacial score (nSPS) is 15.2. The molecule has 0 spiro atoms. The van der Waals surface area contributed by atoms with Crippen molar-refractivity contribution in [1.82, 2.24) is 0 Å². The van der Waals surface area contributed by atoms with Crippen LogP contribution in [0.15, 0.2) is 42.5 Å². The third-order valence-electron chi connectivity index (χ3n) is 2.48. The van der Waals surface area contributed by atoms with Gasteiger partial charge in [0.2, 0.25) is 0 Å². The number of benzene rings is 1. The topological polar surface area (TPSA) is 37.4 Å². The molecule has 0 fully saturated rings. The molecule has 1 aromatic rings. The summed E-state index contributed by atoms with van der Waals surface area (Å²) in [5, 5.41) is 0. The van der Waals surface area contributed by atoms with E-state index < -0.39 is 0 Å². The van der Waals surface area contributed by atoms with Gasteiger partial charge in [-0.1, -0.05) is 31.2 Å². The lowest BCUT2D eigenvalue weighted by Crippen LogP contribution is -2.29. The minimum atomic E-state index is -0.286. The number of amides is 2. The molecule has 1 aliphatic rings. The van der Waals surface area contributed by atoms with Crippen molar-refractivity contribution in [1.29, 1.82) is 0 Å². The Morgan fingerprint density at radius 3 is 2.53 bits per heavy atom. The zero-order valence-electron chi connectivity index (χ0n) is 9.59. The largest absolute Gasteiger partial charge is 0.269 e. The number of carbonyl (C=O) groups is 2. The first kappa shape index (κ1) is 11.3. The maximum atomic E-state index is 11.5. The zero-order chi connectivity index (χ0) is 12.3. The molecular weight excluding hydrogens is 214 g/mol. The van der Waals surface area contributed by atoms with Crippen LogP contribution in [0.5, 0.6) is 0 Å². The molecule has 0 N–H and O–H groups in total. The summed E-state index contributed by atoms with van der Waals surface area (Å²) in [7, 11) is 0. The van der Waals surface area contributed by atoms with E-state index in [0.717, 1.165) is 12.0 Å². The lowest BCUT2D eigenvalue weighted by molar-refractivity contribution is -0.119. The van der Waals surface area contributed by atoms with Gasteiger partial charge < -0.3 is 0 Å². The van der Waals surface area contributed by atoms with Gasteiger partial charge in [0.1, 0.15) is 0 Å². The molecule has 0 bridgehead atoms. The van der Waals surface area contributed by atoms with Gasteiger partial charge in [0.05, 0.1) is 5.69 Å². The zero-order valence-corrected chi connectivity index (χ0v) is 9.59. The second-order valence-corrected chi connectivity index (χ2v) is 3.75. The molecule has 2 rings (SSSR count). The van der Waals surface area contributed by atoms with Crippen LogP contribution in [-0.2, 0) is 9.59 Å². The van der Waals surface area contributed by atoms with E-state index in [1.54, 1.807) is 6.07 Å². The summed E-state index contributed by atoms with van der Waals surface area (Å²) in [5.74, 6) is -0.571. The highest BCUT2D eigenvalue weighted by molar-refractivity contribution is 6.28. The molecule has 0 unspecified atom stereocenters. The molecule has 17 heavy (non-hydrogen) atoms. The van der Waals surface area contributed by atoms with Crippen molar-refractivity contribution in [3.05, 3.63) is 48.1 Å². The SMILES string of the molecule is CCC=Cc1cccc(N2C(=O)C=CC2=O)c1. The molecule has 0 aromatic heterocycles. The van der Waals surface area contributed by atoms with Gasteiger partial charge in [-0.05, 0) is 24.1 Å². The molecule has 0 saturated carbocycles. The third kappa shape index (κ3) is 2.33. The van der Waals surface area contributed by atoms with E-state index in [1.807, 2.05) is 30.4 Å². The second-order valence-electron chi connectivity index (χ2n) is 3.75. The van der Waals surface area contributed by atoms with Crippen molar-refractivity contribution in [2.75, 3.05) is 4.90 Å². The molecule has 0 saturated heterocycles. The number of nitrogens with zero attached hydrogens (tertiary/aromatic N) is 1. The Balaban J connectivity index is 2.30. The van der Waals surface area contributed by atoms with Crippen LogP contribution < -0.4 is 4.90 Å². The van der Waals surface area contributed by atoms with E-state index in [9.17, 15) is 9.59 Å². The maximum Gasteiger partial charge on any atom is 0.258 e. The summed E-state index contributed by atoms with van der Waals surface area (Å²) in [6, 6.07) is 7.36. The van der Waals surface area contributed by atoms with E-state index in [0.29, 0.717) is 5.69 Å². The van der Waals surface area contributed by atoms with Crippen molar-refractivity contribution in [2.45, 2.75) is 13.3 Å². The average Bonchev–Trinajstić information content (AvgIpc) is 2.67. The Bertz CT molecular complexity index is 497. The van der Waals surface area contributed by atoms with Crippen molar-refractivity contribution < 1.29 is 9.59 Å². The van der Waals surface area contributed by atoms with Crippen LogP contribution in [-0.4, -0.2) is 11.8 Å². The van der Waals surface area contributed by atoms with Gasteiger partial charge in [-0.15, -0.1) is 0 Å². The fourth-order valence-corrected chi connectivity index (χ4v) is 1.68. The number of carbonyl (C=O) groups excluding carboxylic acids is 2. The highest BCUT2D eigenvalue weighted by Gasteiger charge is 2.24. The minimum Gasteiger partial charge on any atom is -0.269 e. The van der Waals surface area contributed by atoms with Crippen LogP contribution in [0.3, 0.4) is 0 Å². The molecule has 0 atom stereocenters. The Morgan fingerprint density at radius 2 is 1.88 bits per heavy atom. The fraction of sp³-hybridized carbons (Fsp3) is 0.143. The summed E-state index contributed by atoms with van der Waals surface area (Å²) in [4.78, 5) is 24.2. The molecule has 1 aromatic carbocycles. The Kier molecular flexibility index (Phi) is 3.19. The summed E-state index contributed by atoms with van der Waals surface area (Å²) in [5.41, 5.74) is 1.60. The van der Waals surface area contributed by atoms with Crippen molar-refractivity contribution in [3.8, 4) is 0 Å². The Morgan fingerprint density at radius 1 is 1.18 bits per heavy atom. The molecule has 86 valence electrons. The predicted molar refractivity (Wildman–Crippen MR) is 67.4 cm³/mol. The van der Waals surface area contributed by atoms with Crippen molar-refractivity contribution >= 4 is 23.6 Å². The van der Waals surface area contributed by atoms with Gasteiger partial charge in [0.25, 0.3) is 11.8 Å². The first-order valence-corrected chi connectivity index (χ1v) is 5.55. The molecule has 3 heteroatoms.